The van der Waals surface area contributed by atoms with Gasteiger partial charge in [0.2, 0.25) is 5.71 Å². The van der Waals surface area contributed by atoms with Gasteiger partial charge >= 0.3 is 0 Å². The summed E-state index contributed by atoms with van der Waals surface area (Å²) in [7, 11) is 0. The molecule has 0 amide bonds. The highest BCUT2D eigenvalue weighted by Gasteiger charge is 2.16. The molecule has 2 aromatic carbocycles. The molecule has 1 atom stereocenters. The molecule has 2 N–H and O–H groups in total. The molecule has 0 fully saturated rings. The lowest BCUT2D eigenvalue weighted by atomic mass is 10.1. The zero-order chi connectivity index (χ0) is 17.1. The van der Waals surface area contributed by atoms with E-state index in [0.29, 0.717) is 11.5 Å². The largest absolute Gasteiger partial charge is 0.438 e. The number of fused-ring (bicyclic) bond motifs is 1. The first-order valence-corrected chi connectivity index (χ1v) is 8.07. The Morgan fingerprint density at radius 2 is 1.68 bits per heavy atom. The third-order valence-corrected chi connectivity index (χ3v) is 4.08. The molecule has 0 saturated carbocycles. The Hall–Kier alpha value is -3.18. The van der Waals surface area contributed by atoms with Gasteiger partial charge in [0, 0.05) is 5.56 Å². The molecule has 0 aliphatic heterocycles. The molecule has 5 heteroatoms. The second-order valence-corrected chi connectivity index (χ2v) is 5.71. The maximum absolute atomic E-state index is 9.77. The third-order valence-electron chi connectivity index (χ3n) is 4.08. The van der Waals surface area contributed by atoms with E-state index < -0.39 is 0 Å². The Labute approximate surface area is 145 Å². The van der Waals surface area contributed by atoms with Crippen LogP contribution in [-0.2, 0) is 0 Å². The summed E-state index contributed by atoms with van der Waals surface area (Å²) in [6, 6.07) is 21.3. The Balaban J connectivity index is 1.71. The standard InChI is InChI=1S/C20H17N3O2/c24-12-17(14-7-3-1-4-8-14)23-19-16-11-18(15-9-5-2-6-10-15)25-20(16)22-13-21-19/h1-11,13,17,24H,12H2,(H,21,22,23)/t17-/m1/s1. The van der Waals surface area contributed by atoms with Gasteiger partial charge in [0.25, 0.3) is 0 Å². The normalized spacial score (nSPS) is 12.2. The topological polar surface area (TPSA) is 71.2 Å². The van der Waals surface area contributed by atoms with Gasteiger partial charge in [-0.25, -0.2) is 9.97 Å². The van der Waals surface area contributed by atoms with E-state index in [4.69, 9.17) is 4.42 Å². The van der Waals surface area contributed by atoms with Crippen molar-refractivity contribution in [1.29, 1.82) is 0 Å². The minimum atomic E-state index is -0.255. The highest BCUT2D eigenvalue weighted by molar-refractivity contribution is 5.89. The Morgan fingerprint density at radius 1 is 0.960 bits per heavy atom. The molecule has 0 unspecified atom stereocenters. The molecule has 25 heavy (non-hydrogen) atoms. The monoisotopic (exact) mass is 331 g/mol. The van der Waals surface area contributed by atoms with E-state index in [1.165, 1.54) is 6.33 Å². The molecule has 0 saturated heterocycles. The fourth-order valence-corrected chi connectivity index (χ4v) is 2.80. The summed E-state index contributed by atoms with van der Waals surface area (Å²) in [5.41, 5.74) is 2.48. The molecular formula is C20H17N3O2. The van der Waals surface area contributed by atoms with Crippen molar-refractivity contribution < 1.29 is 9.52 Å². The van der Waals surface area contributed by atoms with E-state index in [1.54, 1.807) is 0 Å². The van der Waals surface area contributed by atoms with E-state index >= 15 is 0 Å². The van der Waals surface area contributed by atoms with Gasteiger partial charge in [0.05, 0.1) is 18.0 Å². The van der Waals surface area contributed by atoms with Crippen LogP contribution in [0.25, 0.3) is 22.4 Å². The van der Waals surface area contributed by atoms with E-state index in [2.05, 4.69) is 15.3 Å². The second kappa shape index (κ2) is 6.75. The van der Waals surface area contributed by atoms with Gasteiger partial charge in [0.15, 0.2) is 0 Å². The van der Waals surface area contributed by atoms with E-state index in [-0.39, 0.29) is 12.6 Å². The van der Waals surface area contributed by atoms with Crippen LogP contribution >= 0.6 is 0 Å². The second-order valence-electron chi connectivity index (χ2n) is 5.71. The van der Waals surface area contributed by atoms with Crippen LogP contribution in [0.2, 0.25) is 0 Å². The maximum atomic E-state index is 9.77. The number of aliphatic hydroxyl groups is 1. The first-order valence-electron chi connectivity index (χ1n) is 8.07. The number of hydrogen-bond donors (Lipinski definition) is 2. The average molecular weight is 331 g/mol. The third kappa shape index (κ3) is 3.09. The minimum absolute atomic E-state index is 0.0428. The Bertz CT molecular complexity index is 968. The van der Waals surface area contributed by atoms with Gasteiger partial charge in [-0.15, -0.1) is 0 Å². The molecule has 0 bridgehead atoms. The lowest BCUT2D eigenvalue weighted by Gasteiger charge is -2.17. The molecule has 4 aromatic rings. The Kier molecular flexibility index (Phi) is 4.14. The molecular weight excluding hydrogens is 314 g/mol. The number of benzene rings is 2. The van der Waals surface area contributed by atoms with Crippen molar-refractivity contribution >= 4 is 16.9 Å². The fraction of sp³-hybridized carbons (Fsp3) is 0.100. The fourth-order valence-electron chi connectivity index (χ4n) is 2.80. The van der Waals surface area contributed by atoms with Crippen molar-refractivity contribution in [2.75, 3.05) is 11.9 Å². The summed E-state index contributed by atoms with van der Waals surface area (Å²) in [5.74, 6) is 1.37. The quantitative estimate of drug-likeness (QED) is 0.577. The number of nitrogens with one attached hydrogen (secondary N) is 1. The van der Waals surface area contributed by atoms with Crippen LogP contribution in [-0.4, -0.2) is 21.7 Å². The number of furan rings is 1. The Morgan fingerprint density at radius 3 is 2.40 bits per heavy atom. The number of aliphatic hydroxyl groups excluding tert-OH is 1. The molecule has 0 spiro atoms. The van der Waals surface area contributed by atoms with Crippen LogP contribution in [0.15, 0.2) is 77.5 Å². The molecule has 2 aromatic heterocycles. The maximum Gasteiger partial charge on any atom is 0.231 e. The van der Waals surface area contributed by atoms with Crippen LogP contribution in [0.1, 0.15) is 11.6 Å². The number of aromatic nitrogens is 2. The van der Waals surface area contributed by atoms with Gasteiger partial charge in [-0.1, -0.05) is 60.7 Å². The number of nitrogens with zero attached hydrogens (tertiary/aromatic N) is 2. The summed E-state index contributed by atoms with van der Waals surface area (Å²) in [5, 5.41) is 13.8. The highest BCUT2D eigenvalue weighted by Crippen LogP contribution is 2.31. The van der Waals surface area contributed by atoms with Crippen molar-refractivity contribution in [3.63, 3.8) is 0 Å². The van der Waals surface area contributed by atoms with E-state index in [1.807, 2.05) is 66.7 Å². The summed E-state index contributed by atoms with van der Waals surface area (Å²) >= 11 is 0. The van der Waals surface area contributed by atoms with E-state index in [9.17, 15) is 5.11 Å². The van der Waals surface area contributed by atoms with Gasteiger partial charge in [0.1, 0.15) is 17.9 Å². The molecule has 0 aliphatic rings. The van der Waals surface area contributed by atoms with Crippen molar-refractivity contribution in [3.8, 4) is 11.3 Å². The van der Waals surface area contributed by atoms with Crippen LogP contribution in [0.5, 0.6) is 0 Å². The number of anilines is 1. The molecule has 5 nitrogen and oxygen atoms in total. The van der Waals surface area contributed by atoms with Crippen LogP contribution < -0.4 is 5.32 Å². The molecule has 0 aliphatic carbocycles. The number of rotatable bonds is 5. The SMILES string of the molecule is OC[C@@H](Nc1ncnc2oc(-c3ccccc3)cc12)c1ccccc1. The van der Waals surface area contributed by atoms with Crippen molar-refractivity contribution in [2.45, 2.75) is 6.04 Å². The molecule has 4 rings (SSSR count). The predicted molar refractivity (Wildman–Crippen MR) is 97.1 cm³/mol. The van der Waals surface area contributed by atoms with Crippen LogP contribution in [0, 0.1) is 0 Å². The van der Waals surface area contributed by atoms with Gasteiger partial charge in [-0.2, -0.15) is 0 Å². The number of hydrogen-bond acceptors (Lipinski definition) is 5. The van der Waals surface area contributed by atoms with Crippen molar-refractivity contribution in [3.05, 3.63) is 78.6 Å². The minimum Gasteiger partial charge on any atom is -0.438 e. The van der Waals surface area contributed by atoms with Gasteiger partial charge in [-0.3, -0.25) is 0 Å². The molecule has 0 radical (unpaired) electrons. The van der Waals surface area contributed by atoms with Crippen LogP contribution in [0.4, 0.5) is 5.82 Å². The lowest BCUT2D eigenvalue weighted by Crippen LogP contribution is -2.15. The van der Waals surface area contributed by atoms with Gasteiger partial charge in [-0.05, 0) is 11.6 Å². The van der Waals surface area contributed by atoms with Crippen molar-refractivity contribution in [1.82, 2.24) is 9.97 Å². The van der Waals surface area contributed by atoms with Crippen LogP contribution in [0.3, 0.4) is 0 Å². The van der Waals surface area contributed by atoms with Gasteiger partial charge < -0.3 is 14.8 Å². The summed E-state index contributed by atoms with van der Waals surface area (Å²) in [4.78, 5) is 8.55. The first-order chi connectivity index (χ1) is 12.3. The summed E-state index contributed by atoms with van der Waals surface area (Å²) in [6.07, 6.45) is 1.46. The van der Waals surface area contributed by atoms with Crippen molar-refractivity contribution in [2.24, 2.45) is 0 Å². The summed E-state index contributed by atoms with van der Waals surface area (Å²) in [6.45, 7) is -0.0428. The first kappa shape index (κ1) is 15.4. The zero-order valence-corrected chi connectivity index (χ0v) is 13.5. The predicted octanol–water partition coefficient (Wildman–Crippen LogP) is 4.04. The molecule has 2 heterocycles. The smallest absolute Gasteiger partial charge is 0.231 e. The zero-order valence-electron chi connectivity index (χ0n) is 13.5. The average Bonchev–Trinajstić information content (AvgIpc) is 3.12. The molecule has 124 valence electrons. The van der Waals surface area contributed by atoms with E-state index in [0.717, 1.165) is 22.3 Å². The lowest BCUT2D eigenvalue weighted by molar-refractivity contribution is 0.276. The highest BCUT2D eigenvalue weighted by atomic mass is 16.3. The summed E-state index contributed by atoms with van der Waals surface area (Å²) < 4.78 is 5.86.